The van der Waals surface area contributed by atoms with Crippen molar-refractivity contribution in [2.75, 3.05) is 26.2 Å². The zero-order valence-corrected chi connectivity index (χ0v) is 11.7. The summed E-state index contributed by atoms with van der Waals surface area (Å²) >= 11 is 0. The normalized spacial score (nSPS) is 20.4. The Balaban J connectivity index is 2.25. The number of likely N-dealkylation sites (tertiary alicyclic amines) is 1. The molecule has 1 aliphatic rings. The van der Waals surface area contributed by atoms with Crippen LogP contribution in [0.1, 0.15) is 52.9 Å². The topological polar surface area (TPSA) is 32.3 Å². The Morgan fingerprint density at radius 3 is 2.76 bits per heavy atom. The summed E-state index contributed by atoms with van der Waals surface area (Å²) in [5.74, 6) is 0.353. The molecule has 0 aromatic rings. The first-order valence-corrected chi connectivity index (χ1v) is 7.04. The quantitative estimate of drug-likeness (QED) is 0.723. The highest BCUT2D eigenvalue weighted by atomic mass is 16.2. The minimum atomic E-state index is 0.338. The zero-order chi connectivity index (χ0) is 12.7. The van der Waals surface area contributed by atoms with Crippen LogP contribution < -0.4 is 5.32 Å². The molecule has 0 spiro atoms. The standard InChI is InChI=1S/C14H28N2O/c1-4-9-15-10-5-11-16-12-8-14(2,3)7-6-13(16)17/h15H,4-12H2,1-3H3. The minimum absolute atomic E-state index is 0.338. The van der Waals surface area contributed by atoms with Crippen molar-refractivity contribution < 1.29 is 4.79 Å². The largest absolute Gasteiger partial charge is 0.343 e. The summed E-state index contributed by atoms with van der Waals surface area (Å²) in [6.45, 7) is 10.7. The van der Waals surface area contributed by atoms with Crippen LogP contribution >= 0.6 is 0 Å². The van der Waals surface area contributed by atoms with E-state index >= 15 is 0 Å². The van der Waals surface area contributed by atoms with E-state index in [4.69, 9.17) is 0 Å². The summed E-state index contributed by atoms with van der Waals surface area (Å²) in [5, 5.41) is 3.38. The molecule has 1 saturated heterocycles. The van der Waals surface area contributed by atoms with Crippen LogP contribution in [0.2, 0.25) is 0 Å². The highest BCUT2D eigenvalue weighted by molar-refractivity contribution is 5.76. The van der Waals surface area contributed by atoms with Gasteiger partial charge in [-0.3, -0.25) is 4.79 Å². The summed E-state index contributed by atoms with van der Waals surface area (Å²) in [6.07, 6.45) is 5.16. The predicted octanol–water partition coefficient (Wildman–Crippen LogP) is 2.41. The van der Waals surface area contributed by atoms with Crippen molar-refractivity contribution in [3.63, 3.8) is 0 Å². The number of amides is 1. The van der Waals surface area contributed by atoms with Crippen molar-refractivity contribution in [2.24, 2.45) is 5.41 Å². The van der Waals surface area contributed by atoms with E-state index in [1.807, 2.05) is 0 Å². The van der Waals surface area contributed by atoms with E-state index in [1.54, 1.807) is 0 Å². The predicted molar refractivity (Wildman–Crippen MR) is 72.0 cm³/mol. The molecular weight excluding hydrogens is 212 g/mol. The third-order valence-electron chi connectivity index (χ3n) is 3.64. The van der Waals surface area contributed by atoms with Crippen molar-refractivity contribution in [3.05, 3.63) is 0 Å². The van der Waals surface area contributed by atoms with Gasteiger partial charge in [0.25, 0.3) is 0 Å². The van der Waals surface area contributed by atoms with Gasteiger partial charge >= 0.3 is 0 Å². The molecule has 0 aromatic heterocycles. The molecule has 1 aliphatic heterocycles. The Kier molecular flexibility index (Phi) is 5.96. The maximum atomic E-state index is 11.9. The third kappa shape index (κ3) is 5.53. The maximum absolute atomic E-state index is 11.9. The fraction of sp³-hybridized carbons (Fsp3) is 0.929. The van der Waals surface area contributed by atoms with Crippen molar-refractivity contribution in [2.45, 2.75) is 52.9 Å². The SMILES string of the molecule is CCCNCCCN1CCC(C)(C)CCC1=O. The Morgan fingerprint density at radius 1 is 1.29 bits per heavy atom. The van der Waals surface area contributed by atoms with Gasteiger partial charge in [0.15, 0.2) is 0 Å². The molecule has 0 unspecified atom stereocenters. The van der Waals surface area contributed by atoms with Gasteiger partial charge in [0.05, 0.1) is 0 Å². The van der Waals surface area contributed by atoms with E-state index in [0.717, 1.165) is 51.9 Å². The van der Waals surface area contributed by atoms with E-state index in [1.165, 1.54) is 6.42 Å². The van der Waals surface area contributed by atoms with E-state index < -0.39 is 0 Å². The Bertz CT molecular complexity index is 238. The highest BCUT2D eigenvalue weighted by Gasteiger charge is 2.26. The van der Waals surface area contributed by atoms with Gasteiger partial charge < -0.3 is 10.2 Å². The fourth-order valence-electron chi connectivity index (χ4n) is 2.22. The number of rotatable bonds is 6. The van der Waals surface area contributed by atoms with Gasteiger partial charge in [-0.2, -0.15) is 0 Å². The van der Waals surface area contributed by atoms with Crippen LogP contribution in [0.15, 0.2) is 0 Å². The molecule has 1 rings (SSSR count). The molecule has 1 heterocycles. The lowest BCUT2D eigenvalue weighted by Gasteiger charge is -2.23. The second kappa shape index (κ2) is 7.00. The lowest BCUT2D eigenvalue weighted by Crippen LogP contribution is -2.33. The van der Waals surface area contributed by atoms with Crippen LogP contribution in [0.5, 0.6) is 0 Å². The van der Waals surface area contributed by atoms with E-state index in [-0.39, 0.29) is 0 Å². The summed E-state index contributed by atoms with van der Waals surface area (Å²) in [6, 6.07) is 0. The van der Waals surface area contributed by atoms with E-state index in [9.17, 15) is 4.79 Å². The van der Waals surface area contributed by atoms with Crippen molar-refractivity contribution in [1.82, 2.24) is 10.2 Å². The molecule has 0 saturated carbocycles. The Hall–Kier alpha value is -0.570. The number of carbonyl (C=O) groups excluding carboxylic acids is 1. The number of nitrogens with zero attached hydrogens (tertiary/aromatic N) is 1. The molecule has 1 fully saturated rings. The highest BCUT2D eigenvalue weighted by Crippen LogP contribution is 2.30. The first-order valence-electron chi connectivity index (χ1n) is 7.04. The summed E-state index contributed by atoms with van der Waals surface area (Å²) in [5.41, 5.74) is 0.338. The van der Waals surface area contributed by atoms with E-state index in [2.05, 4.69) is 31.0 Å². The second-order valence-corrected chi connectivity index (χ2v) is 5.90. The number of hydrogen-bond acceptors (Lipinski definition) is 2. The van der Waals surface area contributed by atoms with Gasteiger partial charge in [-0.15, -0.1) is 0 Å². The number of carbonyl (C=O) groups is 1. The average molecular weight is 240 g/mol. The lowest BCUT2D eigenvalue weighted by molar-refractivity contribution is -0.130. The molecule has 17 heavy (non-hydrogen) atoms. The molecule has 0 aliphatic carbocycles. The number of nitrogens with one attached hydrogen (secondary N) is 1. The first kappa shape index (κ1) is 14.5. The molecule has 3 nitrogen and oxygen atoms in total. The summed E-state index contributed by atoms with van der Waals surface area (Å²) < 4.78 is 0. The van der Waals surface area contributed by atoms with Gasteiger partial charge in [0, 0.05) is 19.5 Å². The Labute approximate surface area is 106 Å². The van der Waals surface area contributed by atoms with E-state index in [0.29, 0.717) is 11.3 Å². The summed E-state index contributed by atoms with van der Waals surface area (Å²) in [7, 11) is 0. The molecule has 0 bridgehead atoms. The van der Waals surface area contributed by atoms with Gasteiger partial charge in [-0.1, -0.05) is 20.8 Å². The molecular formula is C14H28N2O. The molecule has 100 valence electrons. The fourth-order valence-corrected chi connectivity index (χ4v) is 2.22. The minimum Gasteiger partial charge on any atom is -0.343 e. The number of hydrogen-bond donors (Lipinski definition) is 1. The summed E-state index contributed by atoms with van der Waals surface area (Å²) in [4.78, 5) is 14.0. The van der Waals surface area contributed by atoms with Crippen molar-refractivity contribution >= 4 is 5.91 Å². The van der Waals surface area contributed by atoms with Crippen LogP contribution in [0.25, 0.3) is 0 Å². The van der Waals surface area contributed by atoms with Gasteiger partial charge in [-0.05, 0) is 44.2 Å². The molecule has 0 radical (unpaired) electrons. The molecule has 0 aromatic carbocycles. The molecule has 1 amide bonds. The zero-order valence-electron chi connectivity index (χ0n) is 11.7. The Morgan fingerprint density at radius 2 is 2.06 bits per heavy atom. The van der Waals surface area contributed by atoms with Gasteiger partial charge in [0.2, 0.25) is 5.91 Å². The van der Waals surface area contributed by atoms with Crippen LogP contribution in [0, 0.1) is 5.41 Å². The average Bonchev–Trinajstić information content (AvgIpc) is 2.41. The smallest absolute Gasteiger partial charge is 0.222 e. The van der Waals surface area contributed by atoms with Crippen LogP contribution in [-0.2, 0) is 4.79 Å². The van der Waals surface area contributed by atoms with Crippen LogP contribution in [0.3, 0.4) is 0 Å². The van der Waals surface area contributed by atoms with Crippen LogP contribution in [0.4, 0.5) is 0 Å². The second-order valence-electron chi connectivity index (χ2n) is 5.90. The maximum Gasteiger partial charge on any atom is 0.222 e. The van der Waals surface area contributed by atoms with Crippen molar-refractivity contribution in [3.8, 4) is 0 Å². The van der Waals surface area contributed by atoms with Crippen molar-refractivity contribution in [1.29, 1.82) is 0 Å². The molecule has 3 heteroatoms. The first-order chi connectivity index (χ1) is 8.05. The van der Waals surface area contributed by atoms with Crippen LogP contribution in [-0.4, -0.2) is 37.0 Å². The van der Waals surface area contributed by atoms with Gasteiger partial charge in [0.1, 0.15) is 0 Å². The molecule has 1 N–H and O–H groups in total. The molecule has 0 atom stereocenters. The third-order valence-corrected chi connectivity index (χ3v) is 3.64. The lowest BCUT2D eigenvalue weighted by atomic mass is 9.85. The monoisotopic (exact) mass is 240 g/mol. The van der Waals surface area contributed by atoms with Gasteiger partial charge in [-0.25, -0.2) is 0 Å².